The highest BCUT2D eigenvalue weighted by molar-refractivity contribution is 5.78. The molecule has 2 rings (SSSR count). The number of amides is 1. The molecule has 20 heavy (non-hydrogen) atoms. The second kappa shape index (κ2) is 6.40. The zero-order valence-corrected chi connectivity index (χ0v) is 12.9. The summed E-state index contributed by atoms with van der Waals surface area (Å²) in [4.78, 5) is 14.5. The van der Waals surface area contributed by atoms with Gasteiger partial charge in [0.05, 0.1) is 6.54 Å². The van der Waals surface area contributed by atoms with Gasteiger partial charge in [0.1, 0.15) is 0 Å². The molecule has 1 fully saturated rings. The lowest BCUT2D eigenvalue weighted by molar-refractivity contribution is -0.124. The lowest BCUT2D eigenvalue weighted by Crippen LogP contribution is -2.47. The first kappa shape index (κ1) is 15.0. The molecule has 1 saturated heterocycles. The fourth-order valence-corrected chi connectivity index (χ4v) is 2.76. The number of rotatable bonds is 5. The van der Waals surface area contributed by atoms with Crippen LogP contribution in [-0.4, -0.2) is 29.4 Å². The highest BCUT2D eigenvalue weighted by Gasteiger charge is 2.28. The normalized spacial score (nSPS) is 20.1. The highest BCUT2D eigenvalue weighted by atomic mass is 16.2. The van der Waals surface area contributed by atoms with Gasteiger partial charge in [0.2, 0.25) is 5.91 Å². The molecule has 1 N–H and O–H groups in total. The van der Waals surface area contributed by atoms with Crippen LogP contribution in [0.15, 0.2) is 30.3 Å². The second-order valence-electron chi connectivity index (χ2n) is 6.32. The highest BCUT2D eigenvalue weighted by Crippen LogP contribution is 2.31. The van der Waals surface area contributed by atoms with E-state index in [0.29, 0.717) is 12.6 Å². The fraction of sp³-hybridized carbons (Fsp3) is 0.588. The molecular weight excluding hydrogens is 248 g/mol. The van der Waals surface area contributed by atoms with Crippen molar-refractivity contribution in [2.45, 2.75) is 51.6 Å². The molecule has 1 aliphatic heterocycles. The predicted molar refractivity (Wildman–Crippen MR) is 82.5 cm³/mol. The van der Waals surface area contributed by atoms with Crippen LogP contribution in [0.25, 0.3) is 0 Å². The molecule has 1 aromatic carbocycles. The largest absolute Gasteiger partial charge is 0.350 e. The van der Waals surface area contributed by atoms with Crippen LogP contribution in [0.2, 0.25) is 0 Å². The van der Waals surface area contributed by atoms with E-state index in [1.54, 1.807) is 0 Å². The van der Waals surface area contributed by atoms with Crippen molar-refractivity contribution in [2.24, 2.45) is 0 Å². The van der Waals surface area contributed by atoms with E-state index in [1.165, 1.54) is 12.0 Å². The van der Waals surface area contributed by atoms with E-state index >= 15 is 0 Å². The standard InChI is InChI=1S/C17H26N2O/c1-4-17(2,3)18-16(20)13-19-12-8-11-15(19)14-9-6-5-7-10-14/h5-7,9-10,15H,4,8,11-13H2,1-3H3,(H,18,20). The minimum atomic E-state index is -0.112. The van der Waals surface area contributed by atoms with Crippen molar-refractivity contribution in [3.05, 3.63) is 35.9 Å². The van der Waals surface area contributed by atoms with E-state index in [0.717, 1.165) is 19.4 Å². The van der Waals surface area contributed by atoms with E-state index in [9.17, 15) is 4.79 Å². The number of benzene rings is 1. The van der Waals surface area contributed by atoms with Gasteiger partial charge in [-0.05, 0) is 45.2 Å². The maximum absolute atomic E-state index is 12.2. The molecule has 0 aromatic heterocycles. The van der Waals surface area contributed by atoms with Gasteiger partial charge in [0, 0.05) is 11.6 Å². The molecule has 0 aliphatic carbocycles. The summed E-state index contributed by atoms with van der Waals surface area (Å²) in [5, 5.41) is 3.12. The monoisotopic (exact) mass is 274 g/mol. The van der Waals surface area contributed by atoms with Crippen molar-refractivity contribution in [3.63, 3.8) is 0 Å². The second-order valence-corrected chi connectivity index (χ2v) is 6.32. The lowest BCUT2D eigenvalue weighted by atomic mass is 10.0. The Kier molecular flexibility index (Phi) is 4.81. The van der Waals surface area contributed by atoms with Gasteiger partial charge in [-0.15, -0.1) is 0 Å². The number of nitrogens with one attached hydrogen (secondary N) is 1. The third-order valence-corrected chi connectivity index (χ3v) is 4.26. The maximum Gasteiger partial charge on any atom is 0.234 e. The summed E-state index contributed by atoms with van der Waals surface area (Å²) < 4.78 is 0. The van der Waals surface area contributed by atoms with Gasteiger partial charge in [-0.3, -0.25) is 9.69 Å². The van der Waals surface area contributed by atoms with Crippen molar-refractivity contribution in [3.8, 4) is 0 Å². The van der Waals surface area contributed by atoms with Crippen molar-refractivity contribution in [1.29, 1.82) is 0 Å². The molecule has 1 heterocycles. The number of likely N-dealkylation sites (tertiary alicyclic amines) is 1. The minimum absolute atomic E-state index is 0.112. The topological polar surface area (TPSA) is 32.3 Å². The van der Waals surface area contributed by atoms with Crippen molar-refractivity contribution >= 4 is 5.91 Å². The molecule has 3 nitrogen and oxygen atoms in total. The van der Waals surface area contributed by atoms with Gasteiger partial charge in [-0.1, -0.05) is 37.3 Å². The number of hydrogen-bond donors (Lipinski definition) is 1. The first-order valence-electron chi connectivity index (χ1n) is 7.62. The van der Waals surface area contributed by atoms with Gasteiger partial charge >= 0.3 is 0 Å². The number of carbonyl (C=O) groups is 1. The first-order valence-corrected chi connectivity index (χ1v) is 7.62. The summed E-state index contributed by atoms with van der Waals surface area (Å²) >= 11 is 0. The summed E-state index contributed by atoms with van der Waals surface area (Å²) in [5.41, 5.74) is 1.21. The Morgan fingerprint density at radius 1 is 1.35 bits per heavy atom. The van der Waals surface area contributed by atoms with Crippen LogP contribution in [0, 0.1) is 0 Å². The molecule has 3 heteroatoms. The molecule has 1 amide bonds. The Morgan fingerprint density at radius 3 is 2.70 bits per heavy atom. The van der Waals surface area contributed by atoms with E-state index in [-0.39, 0.29) is 11.4 Å². The fourth-order valence-electron chi connectivity index (χ4n) is 2.76. The zero-order valence-electron chi connectivity index (χ0n) is 12.9. The summed E-state index contributed by atoms with van der Waals surface area (Å²) in [6.07, 6.45) is 3.26. The van der Waals surface area contributed by atoms with Crippen LogP contribution in [-0.2, 0) is 4.79 Å². The van der Waals surface area contributed by atoms with E-state index in [1.807, 2.05) is 6.07 Å². The molecule has 0 spiro atoms. The molecule has 0 saturated carbocycles. The number of carbonyl (C=O) groups excluding carboxylic acids is 1. The maximum atomic E-state index is 12.2. The third kappa shape index (κ3) is 3.83. The molecule has 1 atom stereocenters. The Bertz CT molecular complexity index is 442. The van der Waals surface area contributed by atoms with Crippen LogP contribution in [0.4, 0.5) is 0 Å². The SMILES string of the molecule is CCC(C)(C)NC(=O)CN1CCCC1c1ccccc1. The van der Waals surface area contributed by atoms with Gasteiger partial charge < -0.3 is 5.32 Å². The molecule has 110 valence electrons. The van der Waals surface area contributed by atoms with E-state index < -0.39 is 0 Å². The number of hydrogen-bond acceptors (Lipinski definition) is 2. The van der Waals surface area contributed by atoms with Crippen LogP contribution in [0.5, 0.6) is 0 Å². The van der Waals surface area contributed by atoms with Gasteiger partial charge in [-0.25, -0.2) is 0 Å². The summed E-state index contributed by atoms with van der Waals surface area (Å²) in [5.74, 6) is 0.139. The predicted octanol–water partition coefficient (Wildman–Crippen LogP) is 3.13. The molecule has 0 radical (unpaired) electrons. The van der Waals surface area contributed by atoms with Crippen molar-refractivity contribution in [1.82, 2.24) is 10.2 Å². The third-order valence-electron chi connectivity index (χ3n) is 4.26. The Hall–Kier alpha value is -1.35. The first-order chi connectivity index (χ1) is 9.52. The minimum Gasteiger partial charge on any atom is -0.350 e. The van der Waals surface area contributed by atoms with E-state index in [2.05, 4.69) is 55.3 Å². The Balaban J connectivity index is 1.97. The summed E-state index contributed by atoms with van der Waals surface area (Å²) in [6, 6.07) is 10.9. The average Bonchev–Trinajstić information content (AvgIpc) is 2.87. The molecular formula is C17H26N2O. The molecule has 1 unspecified atom stereocenters. The zero-order chi connectivity index (χ0) is 14.6. The van der Waals surface area contributed by atoms with Crippen molar-refractivity contribution < 1.29 is 4.79 Å². The van der Waals surface area contributed by atoms with Crippen LogP contribution in [0.3, 0.4) is 0 Å². The van der Waals surface area contributed by atoms with Gasteiger partial charge in [-0.2, -0.15) is 0 Å². The lowest BCUT2D eigenvalue weighted by Gasteiger charge is -2.28. The van der Waals surface area contributed by atoms with Crippen molar-refractivity contribution in [2.75, 3.05) is 13.1 Å². The summed E-state index contributed by atoms with van der Waals surface area (Å²) in [7, 11) is 0. The van der Waals surface area contributed by atoms with E-state index in [4.69, 9.17) is 0 Å². The Labute approximate surface area is 122 Å². The number of nitrogens with zero attached hydrogens (tertiary/aromatic N) is 1. The van der Waals surface area contributed by atoms with Gasteiger partial charge in [0.25, 0.3) is 0 Å². The van der Waals surface area contributed by atoms with Crippen LogP contribution >= 0.6 is 0 Å². The average molecular weight is 274 g/mol. The van der Waals surface area contributed by atoms with Gasteiger partial charge in [0.15, 0.2) is 0 Å². The molecule has 0 bridgehead atoms. The smallest absolute Gasteiger partial charge is 0.234 e. The summed E-state index contributed by atoms with van der Waals surface area (Å²) in [6.45, 7) is 7.76. The van der Waals surface area contributed by atoms with Crippen LogP contribution in [0.1, 0.15) is 51.6 Å². The van der Waals surface area contributed by atoms with Crippen LogP contribution < -0.4 is 5.32 Å². The quantitative estimate of drug-likeness (QED) is 0.894. The Morgan fingerprint density at radius 2 is 2.05 bits per heavy atom. The molecule has 1 aliphatic rings. The molecule has 1 aromatic rings.